The molecular formula is C19H18F2N2. The van der Waals surface area contributed by atoms with Crippen LogP contribution in [0.25, 0.3) is 10.9 Å². The summed E-state index contributed by atoms with van der Waals surface area (Å²) in [6.07, 6.45) is 3.11. The predicted octanol–water partition coefficient (Wildman–Crippen LogP) is 4.34. The zero-order chi connectivity index (χ0) is 15.8. The fourth-order valence-corrected chi connectivity index (χ4v) is 3.32. The molecule has 2 unspecified atom stereocenters. The lowest BCUT2D eigenvalue weighted by Crippen LogP contribution is -2.16. The van der Waals surface area contributed by atoms with E-state index in [1.54, 1.807) is 24.3 Å². The molecule has 2 aromatic carbocycles. The van der Waals surface area contributed by atoms with E-state index < -0.39 is 0 Å². The molecule has 1 saturated carbocycles. The maximum absolute atomic E-state index is 13.4. The summed E-state index contributed by atoms with van der Waals surface area (Å²) < 4.78 is 26.6. The maximum Gasteiger partial charge on any atom is 0.123 e. The van der Waals surface area contributed by atoms with E-state index in [-0.39, 0.29) is 11.6 Å². The lowest BCUT2D eigenvalue weighted by molar-refractivity contribution is 0.609. The van der Waals surface area contributed by atoms with E-state index in [0.29, 0.717) is 18.4 Å². The number of H-pyrrole nitrogens is 1. The molecule has 4 heteroatoms. The van der Waals surface area contributed by atoms with Gasteiger partial charge in [0.1, 0.15) is 11.6 Å². The highest BCUT2D eigenvalue weighted by Gasteiger charge is 2.39. The van der Waals surface area contributed by atoms with Gasteiger partial charge in [-0.2, -0.15) is 0 Å². The first-order valence-corrected chi connectivity index (χ1v) is 7.92. The second-order valence-corrected chi connectivity index (χ2v) is 6.30. The van der Waals surface area contributed by atoms with E-state index in [0.717, 1.165) is 29.4 Å². The Balaban J connectivity index is 1.37. The first-order valence-electron chi connectivity index (χ1n) is 7.92. The van der Waals surface area contributed by atoms with Crippen LogP contribution in [0.4, 0.5) is 8.78 Å². The van der Waals surface area contributed by atoms with Gasteiger partial charge in [-0.05, 0) is 66.3 Å². The molecule has 1 aromatic heterocycles. The third kappa shape index (κ3) is 2.99. The van der Waals surface area contributed by atoms with Gasteiger partial charge in [0, 0.05) is 23.6 Å². The molecule has 0 amide bonds. The minimum atomic E-state index is -0.200. The van der Waals surface area contributed by atoms with Gasteiger partial charge in [-0.25, -0.2) is 8.78 Å². The Morgan fingerprint density at radius 1 is 1.09 bits per heavy atom. The van der Waals surface area contributed by atoms with Crippen molar-refractivity contribution in [2.75, 3.05) is 6.54 Å². The van der Waals surface area contributed by atoms with Crippen LogP contribution in [-0.4, -0.2) is 11.5 Å². The molecule has 0 radical (unpaired) electrons. The Bertz CT molecular complexity index is 840. The van der Waals surface area contributed by atoms with E-state index in [1.807, 2.05) is 12.3 Å². The summed E-state index contributed by atoms with van der Waals surface area (Å²) in [5, 5.41) is 4.38. The molecule has 2 N–H and O–H groups in total. The lowest BCUT2D eigenvalue weighted by Gasteiger charge is -2.05. The molecule has 1 aliphatic carbocycles. The van der Waals surface area contributed by atoms with E-state index in [4.69, 9.17) is 0 Å². The van der Waals surface area contributed by atoms with Crippen molar-refractivity contribution in [2.45, 2.75) is 18.9 Å². The van der Waals surface area contributed by atoms with Crippen molar-refractivity contribution in [1.82, 2.24) is 10.3 Å². The van der Waals surface area contributed by atoms with Crippen LogP contribution >= 0.6 is 0 Å². The van der Waals surface area contributed by atoms with Crippen molar-refractivity contribution in [3.63, 3.8) is 0 Å². The van der Waals surface area contributed by atoms with E-state index in [1.165, 1.54) is 17.7 Å². The van der Waals surface area contributed by atoms with Crippen LogP contribution in [0, 0.1) is 17.6 Å². The first kappa shape index (κ1) is 14.4. The normalized spacial score (nSPS) is 20.1. The van der Waals surface area contributed by atoms with Crippen molar-refractivity contribution in [3.05, 3.63) is 71.4 Å². The Hall–Kier alpha value is -2.20. The molecule has 0 saturated heterocycles. The fourth-order valence-electron chi connectivity index (χ4n) is 3.32. The van der Waals surface area contributed by atoms with Gasteiger partial charge in [0.25, 0.3) is 0 Å². The molecule has 23 heavy (non-hydrogen) atoms. The number of fused-ring (bicyclic) bond motifs is 1. The summed E-state index contributed by atoms with van der Waals surface area (Å²) in [6, 6.07) is 11.5. The van der Waals surface area contributed by atoms with Crippen LogP contribution in [0.2, 0.25) is 0 Å². The zero-order valence-electron chi connectivity index (χ0n) is 12.7. The van der Waals surface area contributed by atoms with Crippen LogP contribution in [0.1, 0.15) is 23.5 Å². The second kappa shape index (κ2) is 5.78. The van der Waals surface area contributed by atoms with Gasteiger partial charge in [0.05, 0.1) is 0 Å². The monoisotopic (exact) mass is 312 g/mol. The number of halogens is 2. The second-order valence-electron chi connectivity index (χ2n) is 6.30. The van der Waals surface area contributed by atoms with E-state index in [9.17, 15) is 8.78 Å². The Labute approximate surface area is 133 Å². The smallest absolute Gasteiger partial charge is 0.123 e. The fraction of sp³-hybridized carbons (Fsp3) is 0.263. The highest BCUT2D eigenvalue weighted by Crippen LogP contribution is 2.49. The Morgan fingerprint density at radius 2 is 1.96 bits per heavy atom. The van der Waals surface area contributed by atoms with Crippen LogP contribution < -0.4 is 5.32 Å². The number of hydrogen-bond acceptors (Lipinski definition) is 1. The summed E-state index contributed by atoms with van der Waals surface area (Å²) in [5.74, 6) is 0.644. The largest absolute Gasteiger partial charge is 0.361 e. The summed E-state index contributed by atoms with van der Waals surface area (Å²) in [7, 11) is 0. The molecule has 0 spiro atoms. The first-order chi connectivity index (χ1) is 11.2. The van der Waals surface area contributed by atoms with Crippen molar-refractivity contribution < 1.29 is 8.78 Å². The maximum atomic E-state index is 13.4. The summed E-state index contributed by atoms with van der Waals surface area (Å²) in [6.45, 7) is 1.56. The average molecular weight is 312 g/mol. The number of hydrogen-bond donors (Lipinski definition) is 2. The van der Waals surface area contributed by atoms with Crippen LogP contribution in [0.3, 0.4) is 0 Å². The number of aromatic amines is 1. The molecule has 1 aliphatic rings. The quantitative estimate of drug-likeness (QED) is 0.720. The van der Waals surface area contributed by atoms with Gasteiger partial charge in [-0.15, -0.1) is 0 Å². The van der Waals surface area contributed by atoms with Gasteiger partial charge in [-0.1, -0.05) is 12.1 Å². The van der Waals surface area contributed by atoms with Gasteiger partial charge in [0.2, 0.25) is 0 Å². The van der Waals surface area contributed by atoms with Gasteiger partial charge >= 0.3 is 0 Å². The van der Waals surface area contributed by atoms with Crippen molar-refractivity contribution in [3.8, 4) is 0 Å². The molecule has 4 rings (SSSR count). The molecular weight excluding hydrogens is 294 g/mol. The van der Waals surface area contributed by atoms with Crippen LogP contribution in [0.5, 0.6) is 0 Å². The van der Waals surface area contributed by atoms with Crippen molar-refractivity contribution in [2.24, 2.45) is 5.92 Å². The Morgan fingerprint density at radius 3 is 2.83 bits per heavy atom. The minimum Gasteiger partial charge on any atom is -0.361 e. The number of aromatic nitrogens is 1. The van der Waals surface area contributed by atoms with Crippen LogP contribution in [0.15, 0.2) is 48.7 Å². The molecule has 0 bridgehead atoms. The topological polar surface area (TPSA) is 27.8 Å². The third-order valence-electron chi connectivity index (χ3n) is 4.62. The SMILES string of the molecule is Fc1cccc(CNCC2CC2c2c[nH]c3ccc(F)cc23)c1. The van der Waals surface area contributed by atoms with E-state index in [2.05, 4.69) is 10.3 Å². The van der Waals surface area contributed by atoms with Crippen LogP contribution in [-0.2, 0) is 6.54 Å². The molecule has 2 nitrogen and oxygen atoms in total. The van der Waals surface area contributed by atoms with E-state index >= 15 is 0 Å². The Kier molecular flexibility index (Phi) is 3.62. The summed E-state index contributed by atoms with van der Waals surface area (Å²) >= 11 is 0. The highest BCUT2D eigenvalue weighted by atomic mass is 19.1. The molecule has 2 atom stereocenters. The highest BCUT2D eigenvalue weighted by molar-refractivity contribution is 5.84. The average Bonchev–Trinajstić information content (AvgIpc) is 3.17. The third-order valence-corrected chi connectivity index (χ3v) is 4.62. The molecule has 1 heterocycles. The minimum absolute atomic E-state index is 0.195. The predicted molar refractivity (Wildman–Crippen MR) is 87.2 cm³/mol. The van der Waals surface area contributed by atoms with Crippen molar-refractivity contribution in [1.29, 1.82) is 0 Å². The molecule has 118 valence electrons. The van der Waals surface area contributed by atoms with Crippen molar-refractivity contribution >= 4 is 10.9 Å². The standard InChI is InChI=1S/C19H18F2N2/c20-14-3-1-2-12(6-14)9-22-10-13-7-16(13)18-11-23-19-5-4-15(21)8-17(18)19/h1-6,8,11,13,16,22-23H,7,9-10H2. The molecule has 1 fully saturated rings. The molecule has 3 aromatic rings. The van der Waals surface area contributed by atoms with Gasteiger partial charge < -0.3 is 10.3 Å². The zero-order valence-corrected chi connectivity index (χ0v) is 12.7. The van der Waals surface area contributed by atoms with Gasteiger partial charge in [0.15, 0.2) is 0 Å². The summed E-state index contributed by atoms with van der Waals surface area (Å²) in [4.78, 5) is 3.22. The van der Waals surface area contributed by atoms with Gasteiger partial charge in [-0.3, -0.25) is 0 Å². The number of benzene rings is 2. The summed E-state index contributed by atoms with van der Waals surface area (Å²) in [5.41, 5.74) is 3.15. The lowest BCUT2D eigenvalue weighted by atomic mass is 10.1. The number of rotatable bonds is 5. The molecule has 0 aliphatic heterocycles. The number of nitrogens with one attached hydrogen (secondary N) is 2.